The number of rotatable bonds is 63. The number of phosphoric ester groups is 2. The average molecular weight is 1270 g/mol. The lowest BCUT2D eigenvalue weighted by atomic mass is 10.1. The molecule has 0 aromatic rings. The van der Waals surface area contributed by atoms with Crippen molar-refractivity contribution < 1.29 is 75.8 Å². The molecule has 0 saturated heterocycles. The number of carbonyl (C=O) groups is 3. The third kappa shape index (κ3) is 63.8. The van der Waals surface area contributed by atoms with Gasteiger partial charge in [0.2, 0.25) is 0 Å². The van der Waals surface area contributed by atoms with E-state index in [4.69, 9.17) is 32.3 Å². The second-order valence-electron chi connectivity index (χ2n) is 22.2. The van der Waals surface area contributed by atoms with Gasteiger partial charge in [-0.3, -0.25) is 32.5 Å². The molecule has 5 atom stereocenters. The van der Waals surface area contributed by atoms with Crippen LogP contribution in [0.15, 0.2) is 97.2 Å². The van der Waals surface area contributed by atoms with E-state index in [9.17, 15) is 43.5 Å². The van der Waals surface area contributed by atoms with E-state index in [1.165, 1.54) is 77.0 Å². The largest absolute Gasteiger partial charge is 0.472 e. The summed E-state index contributed by atoms with van der Waals surface area (Å²) in [7, 11) is -9.79. The van der Waals surface area contributed by atoms with Crippen molar-refractivity contribution in [2.24, 2.45) is 0 Å². The number of ether oxygens (including phenoxy) is 3. The Morgan fingerprint density at radius 2 is 0.609 bits per heavy atom. The van der Waals surface area contributed by atoms with E-state index in [1.807, 2.05) is 0 Å². The van der Waals surface area contributed by atoms with Crippen LogP contribution >= 0.6 is 15.6 Å². The Morgan fingerprint density at radius 3 is 1.00 bits per heavy atom. The number of aliphatic hydroxyl groups excluding tert-OH is 2. The van der Waals surface area contributed by atoms with E-state index in [0.29, 0.717) is 19.3 Å². The Hall–Kier alpha value is -3.53. The first-order chi connectivity index (χ1) is 42.2. The molecule has 0 aliphatic carbocycles. The summed E-state index contributed by atoms with van der Waals surface area (Å²) in [5.41, 5.74) is 0. The van der Waals surface area contributed by atoms with E-state index in [1.54, 1.807) is 0 Å². The minimum Gasteiger partial charge on any atom is -0.463 e. The second kappa shape index (κ2) is 62.7. The van der Waals surface area contributed by atoms with Crippen molar-refractivity contribution in [2.75, 3.05) is 39.6 Å². The third-order valence-electron chi connectivity index (χ3n) is 13.8. The van der Waals surface area contributed by atoms with Crippen LogP contribution in [0.25, 0.3) is 0 Å². The maximum atomic E-state index is 12.9. The van der Waals surface area contributed by atoms with Crippen molar-refractivity contribution in [3.8, 4) is 0 Å². The minimum absolute atomic E-state index is 0.0924. The molecule has 0 fully saturated rings. The van der Waals surface area contributed by atoms with Gasteiger partial charge in [-0.1, -0.05) is 221 Å². The lowest BCUT2D eigenvalue weighted by Crippen LogP contribution is -2.30. The first-order valence-corrected chi connectivity index (χ1v) is 36.5. The third-order valence-corrected chi connectivity index (χ3v) is 15.7. The Bertz CT molecular complexity index is 1980. The normalized spacial score (nSPS) is 14.9. The van der Waals surface area contributed by atoms with Crippen LogP contribution in [0, 0.1) is 0 Å². The van der Waals surface area contributed by atoms with Crippen LogP contribution in [-0.4, -0.2) is 95.9 Å². The molecule has 0 aliphatic heterocycles. The zero-order valence-electron chi connectivity index (χ0n) is 54.2. The summed E-state index contributed by atoms with van der Waals surface area (Å²) in [5.74, 6) is -1.63. The quantitative estimate of drug-likeness (QED) is 0.0146. The molecule has 502 valence electrons. The molecule has 0 aliphatic rings. The van der Waals surface area contributed by atoms with E-state index in [-0.39, 0.29) is 19.3 Å². The summed E-state index contributed by atoms with van der Waals surface area (Å²) in [6.07, 6.45) is 67.5. The molecule has 87 heavy (non-hydrogen) atoms. The summed E-state index contributed by atoms with van der Waals surface area (Å²) in [6, 6.07) is 0. The number of hydrogen-bond acceptors (Lipinski definition) is 14. The van der Waals surface area contributed by atoms with Gasteiger partial charge in [0.25, 0.3) is 0 Å². The Morgan fingerprint density at radius 1 is 0.333 bits per heavy atom. The summed E-state index contributed by atoms with van der Waals surface area (Å²) in [4.78, 5) is 58.3. The maximum absolute atomic E-state index is 12.9. The van der Waals surface area contributed by atoms with E-state index >= 15 is 0 Å². The topological polar surface area (TPSA) is 231 Å². The van der Waals surface area contributed by atoms with Gasteiger partial charge in [0.05, 0.1) is 26.4 Å². The second-order valence-corrected chi connectivity index (χ2v) is 25.1. The highest BCUT2D eigenvalue weighted by Crippen LogP contribution is 2.45. The molecule has 0 amide bonds. The van der Waals surface area contributed by atoms with Crippen LogP contribution in [-0.2, 0) is 55.8 Å². The van der Waals surface area contributed by atoms with Crippen molar-refractivity contribution in [3.63, 3.8) is 0 Å². The van der Waals surface area contributed by atoms with Crippen LogP contribution in [0.5, 0.6) is 0 Å². The fraction of sp³-hybridized carbons (Fsp3) is 0.725. The first-order valence-electron chi connectivity index (χ1n) is 33.5. The van der Waals surface area contributed by atoms with E-state index < -0.39 is 91.5 Å². The SMILES string of the molecule is CC/C=C\C/C=C\C/C=C\C/C=C\C/C=C\C/C=C\CCCCC(=O)OCC(O)COP(=O)(O)OCC(O)COP(=O)(O)OCC(COC(=O)CCCCCCC/C=C\CCCCCCCC)OC(=O)CCCCCCC/C=C\CCCCCCCC. The van der Waals surface area contributed by atoms with Gasteiger partial charge >= 0.3 is 33.6 Å². The number of esters is 3. The standard InChI is InChI=1S/C69H120O16P2/c1-4-7-10-13-16-19-22-25-28-29-30-31-32-33-36-38-40-43-46-49-52-55-67(72)79-58-64(70)59-81-86(75,76)82-60-65(71)61-83-87(77,78)84-63-66(85-69(74)57-54-51-48-45-42-39-35-27-24-21-18-15-12-9-6-3)62-80-68(73)56-53-50-47-44-41-37-34-26-23-20-17-14-11-8-5-2/h7,10,16,19,25-28,30-31,33-36,40,43,64-66,70-71H,4-6,8-9,11-15,17-18,20-24,29,32,37-39,41-42,44-63H2,1-3H3,(H,75,76)(H,77,78)/b10-7-,19-16-,28-25-,31-30-,34-26-,35-27-,36-33-,43-40-. The van der Waals surface area contributed by atoms with Crippen LogP contribution < -0.4 is 0 Å². The lowest BCUT2D eigenvalue weighted by Gasteiger charge is -2.21. The zero-order valence-corrected chi connectivity index (χ0v) is 56.0. The molecule has 0 radical (unpaired) electrons. The van der Waals surface area contributed by atoms with Gasteiger partial charge in [0.1, 0.15) is 25.4 Å². The summed E-state index contributed by atoms with van der Waals surface area (Å²) in [5, 5.41) is 20.5. The van der Waals surface area contributed by atoms with Gasteiger partial charge in [0.15, 0.2) is 6.10 Å². The maximum Gasteiger partial charge on any atom is 0.472 e. The number of aliphatic hydroxyl groups is 2. The Labute approximate surface area is 527 Å². The van der Waals surface area contributed by atoms with Crippen molar-refractivity contribution in [3.05, 3.63) is 97.2 Å². The molecule has 5 unspecified atom stereocenters. The predicted molar refractivity (Wildman–Crippen MR) is 353 cm³/mol. The molecule has 16 nitrogen and oxygen atoms in total. The molecular weight excluding hydrogens is 1150 g/mol. The number of phosphoric acid groups is 2. The minimum atomic E-state index is -4.93. The van der Waals surface area contributed by atoms with Gasteiger partial charge in [-0.05, 0) is 122 Å². The molecule has 0 aromatic heterocycles. The van der Waals surface area contributed by atoms with Gasteiger partial charge in [0, 0.05) is 19.3 Å². The highest BCUT2D eigenvalue weighted by molar-refractivity contribution is 7.47. The molecule has 4 N–H and O–H groups in total. The fourth-order valence-corrected chi connectivity index (χ4v) is 10.2. The predicted octanol–water partition coefficient (Wildman–Crippen LogP) is 18.3. The molecule has 0 spiro atoms. The smallest absolute Gasteiger partial charge is 0.463 e. The molecule has 0 bridgehead atoms. The van der Waals surface area contributed by atoms with Gasteiger partial charge < -0.3 is 34.2 Å². The van der Waals surface area contributed by atoms with Crippen LogP contribution in [0.3, 0.4) is 0 Å². The highest BCUT2D eigenvalue weighted by Gasteiger charge is 2.29. The fourth-order valence-electron chi connectivity index (χ4n) is 8.62. The number of carbonyl (C=O) groups excluding carboxylic acids is 3. The molecular formula is C69H120O16P2. The Balaban J connectivity index is 4.69. The van der Waals surface area contributed by atoms with Crippen molar-refractivity contribution in [2.45, 2.75) is 283 Å². The molecule has 0 saturated carbocycles. The van der Waals surface area contributed by atoms with Gasteiger partial charge in [-0.2, -0.15) is 0 Å². The number of unbranched alkanes of at least 4 members (excludes halogenated alkanes) is 24. The summed E-state index contributed by atoms with van der Waals surface area (Å²) < 4.78 is 60.8. The van der Waals surface area contributed by atoms with Crippen LogP contribution in [0.4, 0.5) is 0 Å². The van der Waals surface area contributed by atoms with Crippen LogP contribution in [0.1, 0.15) is 265 Å². The molecule has 0 heterocycles. The van der Waals surface area contributed by atoms with Gasteiger partial charge in [-0.15, -0.1) is 0 Å². The number of allylic oxidation sites excluding steroid dienone is 16. The van der Waals surface area contributed by atoms with Crippen molar-refractivity contribution >= 4 is 33.6 Å². The number of hydrogen-bond donors (Lipinski definition) is 4. The molecule has 0 aromatic carbocycles. The summed E-state index contributed by atoms with van der Waals surface area (Å²) in [6.45, 7) is 2.47. The summed E-state index contributed by atoms with van der Waals surface area (Å²) >= 11 is 0. The first kappa shape index (κ1) is 83.5. The van der Waals surface area contributed by atoms with Crippen molar-refractivity contribution in [1.29, 1.82) is 0 Å². The average Bonchev–Trinajstić information content (AvgIpc) is 3.68. The lowest BCUT2D eigenvalue weighted by molar-refractivity contribution is -0.161. The monoisotopic (exact) mass is 1270 g/mol. The Kier molecular flexibility index (Phi) is 60.1. The van der Waals surface area contributed by atoms with Crippen LogP contribution in [0.2, 0.25) is 0 Å². The molecule has 0 rings (SSSR count). The van der Waals surface area contributed by atoms with Gasteiger partial charge in [-0.25, -0.2) is 9.13 Å². The van der Waals surface area contributed by atoms with E-state index in [0.717, 1.165) is 128 Å². The van der Waals surface area contributed by atoms with E-state index in [2.05, 4.69) is 118 Å². The zero-order chi connectivity index (χ0) is 63.8. The molecule has 18 heteroatoms. The van der Waals surface area contributed by atoms with Crippen molar-refractivity contribution in [1.82, 2.24) is 0 Å². The highest BCUT2D eigenvalue weighted by atomic mass is 31.2.